The van der Waals surface area contributed by atoms with E-state index in [4.69, 9.17) is 4.74 Å². The molecule has 0 spiro atoms. The van der Waals surface area contributed by atoms with Gasteiger partial charge in [-0.2, -0.15) is 0 Å². The van der Waals surface area contributed by atoms with Crippen molar-refractivity contribution in [3.8, 4) is 0 Å². The average Bonchev–Trinajstić information content (AvgIpc) is 2.51. The summed E-state index contributed by atoms with van der Waals surface area (Å²) in [5.74, 6) is 1.21. The molecule has 0 radical (unpaired) electrons. The second-order valence-corrected chi connectivity index (χ2v) is 7.79. The number of hydrogen-bond donors (Lipinski definition) is 0. The normalized spacial score (nSPS) is 36.1. The van der Waals surface area contributed by atoms with Crippen molar-refractivity contribution in [2.75, 3.05) is 6.61 Å². The zero-order valence-corrected chi connectivity index (χ0v) is 15.8. The summed E-state index contributed by atoms with van der Waals surface area (Å²) in [6.07, 6.45) is 9.84. The lowest BCUT2D eigenvalue weighted by molar-refractivity contribution is -0.150. The van der Waals surface area contributed by atoms with Gasteiger partial charge in [0.05, 0.1) is 6.61 Å². The number of fused-ring (bicyclic) bond motifs is 1. The molecule has 2 aliphatic rings. The lowest BCUT2D eigenvalue weighted by Crippen LogP contribution is -2.50. The molecule has 0 saturated heterocycles. The van der Waals surface area contributed by atoms with Crippen molar-refractivity contribution in [2.24, 2.45) is 29.1 Å². The topological polar surface area (TPSA) is 43.4 Å². The van der Waals surface area contributed by atoms with Crippen LogP contribution in [0.5, 0.6) is 0 Å². The van der Waals surface area contributed by atoms with E-state index in [2.05, 4.69) is 32.9 Å². The molecule has 0 bridgehead atoms. The number of esters is 1. The molecule has 0 N–H and O–H groups in total. The van der Waals surface area contributed by atoms with Crippen molar-refractivity contribution in [3.05, 3.63) is 23.8 Å². The largest absolute Gasteiger partial charge is 0.466 e. The van der Waals surface area contributed by atoms with Crippen LogP contribution in [0.15, 0.2) is 23.8 Å². The van der Waals surface area contributed by atoms with E-state index in [1.54, 1.807) is 6.92 Å². The molecule has 3 heteroatoms. The summed E-state index contributed by atoms with van der Waals surface area (Å²) in [5, 5.41) is 0. The minimum Gasteiger partial charge on any atom is -0.466 e. The Bertz CT molecular complexity index is 545. The van der Waals surface area contributed by atoms with Crippen molar-refractivity contribution in [3.63, 3.8) is 0 Å². The van der Waals surface area contributed by atoms with Gasteiger partial charge in [-0.1, -0.05) is 44.1 Å². The molecular formula is C21H32O3. The second-order valence-electron chi connectivity index (χ2n) is 7.79. The third-order valence-electron chi connectivity index (χ3n) is 6.14. The molecule has 0 heterocycles. The van der Waals surface area contributed by atoms with Crippen LogP contribution in [0.4, 0.5) is 0 Å². The fourth-order valence-corrected chi connectivity index (χ4v) is 4.96. The fraction of sp³-hybridized carbons (Fsp3) is 0.714. The monoisotopic (exact) mass is 332 g/mol. The van der Waals surface area contributed by atoms with Crippen LogP contribution in [0.3, 0.4) is 0 Å². The lowest BCUT2D eigenvalue weighted by Gasteiger charge is -2.51. The molecule has 1 saturated carbocycles. The molecule has 24 heavy (non-hydrogen) atoms. The lowest BCUT2D eigenvalue weighted by atomic mass is 9.51. The van der Waals surface area contributed by atoms with Gasteiger partial charge in [0.15, 0.2) is 5.78 Å². The Morgan fingerprint density at radius 1 is 1.38 bits per heavy atom. The van der Waals surface area contributed by atoms with Crippen LogP contribution in [0.1, 0.15) is 60.3 Å². The highest BCUT2D eigenvalue weighted by Crippen LogP contribution is 2.55. The minimum atomic E-state index is -0.511. The van der Waals surface area contributed by atoms with E-state index in [-0.39, 0.29) is 18.1 Å². The van der Waals surface area contributed by atoms with Gasteiger partial charge in [0.2, 0.25) is 0 Å². The van der Waals surface area contributed by atoms with Gasteiger partial charge in [0.25, 0.3) is 0 Å². The molecule has 0 aromatic heterocycles. The van der Waals surface area contributed by atoms with Gasteiger partial charge < -0.3 is 4.74 Å². The summed E-state index contributed by atoms with van der Waals surface area (Å²) in [6.45, 7) is 10.6. The highest BCUT2D eigenvalue weighted by atomic mass is 16.5. The standard InChI is InChI=1S/C21H32O3/c1-6-8-17-15(4)12-16-11-14(3)9-10-18(16)21(17,5)19(22)13-20(23)24-7-2/h6,8,12,14,16-18H,7,9-11,13H2,1-5H3/b8-6+/t14-,16+,17-,18-,21-/m1/s1. The zero-order valence-electron chi connectivity index (χ0n) is 15.8. The molecule has 0 aromatic rings. The molecule has 1 fully saturated rings. The average molecular weight is 332 g/mol. The van der Waals surface area contributed by atoms with Gasteiger partial charge in [-0.25, -0.2) is 0 Å². The molecule has 0 unspecified atom stereocenters. The summed E-state index contributed by atoms with van der Waals surface area (Å²) >= 11 is 0. The number of ether oxygens (including phenoxy) is 1. The van der Waals surface area contributed by atoms with Crippen LogP contribution in [0, 0.1) is 29.1 Å². The van der Waals surface area contributed by atoms with Crippen LogP contribution >= 0.6 is 0 Å². The van der Waals surface area contributed by atoms with Crippen LogP contribution in [-0.4, -0.2) is 18.4 Å². The van der Waals surface area contributed by atoms with Crippen molar-refractivity contribution in [1.29, 1.82) is 0 Å². The highest BCUT2D eigenvalue weighted by molar-refractivity contribution is 5.99. The first-order valence-corrected chi connectivity index (χ1v) is 9.34. The molecule has 2 aliphatic carbocycles. The minimum absolute atomic E-state index is 0.0426. The van der Waals surface area contributed by atoms with Gasteiger partial charge in [-0.3, -0.25) is 9.59 Å². The first-order valence-electron chi connectivity index (χ1n) is 9.34. The number of ketones is 1. The van der Waals surface area contributed by atoms with Crippen molar-refractivity contribution in [1.82, 2.24) is 0 Å². The SMILES string of the molecule is C/C=C/[C@@H]1C(C)=C[C@@H]2C[C@H](C)CC[C@H]2[C@]1(C)C(=O)CC(=O)OCC. The molecule has 0 amide bonds. The van der Waals surface area contributed by atoms with Gasteiger partial charge in [0.1, 0.15) is 6.42 Å². The van der Waals surface area contributed by atoms with Crippen molar-refractivity contribution in [2.45, 2.75) is 60.3 Å². The van der Waals surface area contributed by atoms with E-state index >= 15 is 0 Å². The Balaban J connectivity index is 2.38. The summed E-state index contributed by atoms with van der Waals surface area (Å²) in [4.78, 5) is 25.1. The number of carbonyl (C=O) groups is 2. The summed E-state index contributed by atoms with van der Waals surface area (Å²) in [5.41, 5.74) is 0.756. The molecular weight excluding hydrogens is 300 g/mol. The second kappa shape index (κ2) is 7.67. The number of allylic oxidation sites excluding steroid dienone is 4. The van der Waals surface area contributed by atoms with E-state index in [1.165, 1.54) is 12.0 Å². The van der Waals surface area contributed by atoms with Crippen LogP contribution < -0.4 is 0 Å². The maximum Gasteiger partial charge on any atom is 0.313 e. The number of rotatable bonds is 5. The quantitative estimate of drug-likeness (QED) is 0.416. The number of carbonyl (C=O) groups excluding carboxylic acids is 2. The Hall–Kier alpha value is -1.38. The van der Waals surface area contributed by atoms with Gasteiger partial charge in [-0.15, -0.1) is 0 Å². The maximum absolute atomic E-state index is 13.2. The third-order valence-corrected chi connectivity index (χ3v) is 6.14. The van der Waals surface area contributed by atoms with E-state index in [9.17, 15) is 9.59 Å². The van der Waals surface area contributed by atoms with Crippen LogP contribution in [0.2, 0.25) is 0 Å². The fourth-order valence-electron chi connectivity index (χ4n) is 4.96. The molecule has 5 atom stereocenters. The number of Topliss-reactive ketones (excluding diaryl/α,β-unsaturated/α-hetero) is 1. The molecule has 0 aliphatic heterocycles. The predicted molar refractivity (Wildman–Crippen MR) is 96.4 cm³/mol. The highest BCUT2D eigenvalue weighted by Gasteiger charge is 2.52. The first-order chi connectivity index (χ1) is 11.3. The van der Waals surface area contributed by atoms with Crippen LogP contribution in [0.25, 0.3) is 0 Å². The third kappa shape index (κ3) is 3.50. The first kappa shape index (κ1) is 19.0. The van der Waals surface area contributed by atoms with Crippen molar-refractivity contribution < 1.29 is 14.3 Å². The predicted octanol–water partition coefficient (Wildman–Crippen LogP) is 4.72. The molecule has 3 nitrogen and oxygen atoms in total. The number of hydrogen-bond acceptors (Lipinski definition) is 3. The van der Waals surface area contributed by atoms with E-state index in [1.807, 2.05) is 13.0 Å². The van der Waals surface area contributed by atoms with Crippen molar-refractivity contribution >= 4 is 11.8 Å². The van der Waals surface area contributed by atoms with Gasteiger partial charge in [0, 0.05) is 11.3 Å². The summed E-state index contributed by atoms with van der Waals surface area (Å²) in [6, 6.07) is 0. The van der Waals surface area contributed by atoms with E-state index < -0.39 is 11.4 Å². The van der Waals surface area contributed by atoms with E-state index in [0.717, 1.165) is 12.8 Å². The molecule has 134 valence electrons. The van der Waals surface area contributed by atoms with Gasteiger partial charge >= 0.3 is 5.97 Å². The molecule has 0 aromatic carbocycles. The Morgan fingerprint density at radius 3 is 2.71 bits per heavy atom. The Kier molecular flexibility index (Phi) is 6.06. The molecule has 2 rings (SSSR count). The Labute approximate surface area is 146 Å². The summed E-state index contributed by atoms with van der Waals surface area (Å²) in [7, 11) is 0. The smallest absolute Gasteiger partial charge is 0.313 e. The van der Waals surface area contributed by atoms with Gasteiger partial charge in [-0.05, 0) is 51.4 Å². The Morgan fingerprint density at radius 2 is 2.08 bits per heavy atom. The van der Waals surface area contributed by atoms with Crippen LogP contribution in [-0.2, 0) is 14.3 Å². The maximum atomic E-state index is 13.2. The zero-order chi connectivity index (χ0) is 17.9. The van der Waals surface area contributed by atoms with E-state index in [0.29, 0.717) is 24.4 Å². The summed E-state index contributed by atoms with van der Waals surface area (Å²) < 4.78 is 5.03.